The summed E-state index contributed by atoms with van der Waals surface area (Å²) >= 11 is 0. The molecule has 0 aliphatic heterocycles. The number of likely N-dealkylation sites (N-methyl/N-ethyl adjacent to an activating group) is 1. The summed E-state index contributed by atoms with van der Waals surface area (Å²) in [4.78, 5) is 14.4. The summed E-state index contributed by atoms with van der Waals surface area (Å²) in [6, 6.07) is 12.5. The predicted molar refractivity (Wildman–Crippen MR) is 99.0 cm³/mol. The molecule has 3 aromatic rings. The topological polar surface area (TPSA) is 61.0 Å². The van der Waals surface area contributed by atoms with Gasteiger partial charge in [0.2, 0.25) is 0 Å². The van der Waals surface area contributed by atoms with Crippen molar-refractivity contribution >= 4 is 5.91 Å². The van der Waals surface area contributed by atoms with E-state index in [1.807, 2.05) is 11.9 Å². The minimum absolute atomic E-state index is 0.264. The van der Waals surface area contributed by atoms with Crippen LogP contribution in [0.5, 0.6) is 0 Å². The number of halogens is 2. The summed E-state index contributed by atoms with van der Waals surface area (Å²) in [5.74, 6) is -1.01. The average molecular weight is 370 g/mol. The molecule has 7 heteroatoms. The van der Waals surface area contributed by atoms with E-state index in [1.165, 1.54) is 24.4 Å². The molecule has 0 aliphatic carbocycles. The quantitative estimate of drug-likeness (QED) is 0.671. The molecule has 0 atom stereocenters. The number of hydrogen-bond donors (Lipinski definition) is 2. The Morgan fingerprint density at radius 2 is 1.89 bits per heavy atom. The fraction of sp³-hybridized carbons (Fsp3) is 0.200. The summed E-state index contributed by atoms with van der Waals surface area (Å²) in [6.07, 6.45) is 1.39. The number of carbonyl (C=O) groups excluding carboxylic acids is 1. The SMILES string of the molecule is CN(CCNC(=O)c1cn[nH]c1-c1ccccc1F)Cc1ccc(F)cc1. The Hall–Kier alpha value is -3.06. The van der Waals surface area contributed by atoms with Gasteiger partial charge in [-0.05, 0) is 36.9 Å². The zero-order chi connectivity index (χ0) is 19.2. The molecule has 0 aliphatic rings. The van der Waals surface area contributed by atoms with Crippen LogP contribution in [-0.2, 0) is 6.54 Å². The molecule has 1 aromatic heterocycles. The lowest BCUT2D eigenvalue weighted by atomic mass is 10.1. The first-order valence-electron chi connectivity index (χ1n) is 8.54. The molecule has 5 nitrogen and oxygen atoms in total. The minimum Gasteiger partial charge on any atom is -0.351 e. The lowest BCUT2D eigenvalue weighted by molar-refractivity contribution is 0.0950. The Bertz CT molecular complexity index is 908. The molecule has 140 valence electrons. The van der Waals surface area contributed by atoms with Gasteiger partial charge in [0.25, 0.3) is 5.91 Å². The Morgan fingerprint density at radius 3 is 2.63 bits per heavy atom. The van der Waals surface area contributed by atoms with Crippen LogP contribution in [-0.4, -0.2) is 41.1 Å². The Morgan fingerprint density at radius 1 is 1.15 bits per heavy atom. The molecule has 2 aromatic carbocycles. The van der Waals surface area contributed by atoms with Gasteiger partial charge in [-0.2, -0.15) is 5.10 Å². The maximum Gasteiger partial charge on any atom is 0.255 e. The highest BCUT2D eigenvalue weighted by molar-refractivity contribution is 5.99. The van der Waals surface area contributed by atoms with Crippen LogP contribution >= 0.6 is 0 Å². The van der Waals surface area contributed by atoms with Gasteiger partial charge < -0.3 is 10.2 Å². The second-order valence-corrected chi connectivity index (χ2v) is 6.26. The third-order valence-electron chi connectivity index (χ3n) is 4.17. The van der Waals surface area contributed by atoms with E-state index >= 15 is 0 Å². The Balaban J connectivity index is 1.55. The molecule has 0 bridgehead atoms. The van der Waals surface area contributed by atoms with Gasteiger partial charge in [-0.25, -0.2) is 8.78 Å². The van der Waals surface area contributed by atoms with E-state index in [9.17, 15) is 13.6 Å². The van der Waals surface area contributed by atoms with Crippen LogP contribution in [0.25, 0.3) is 11.3 Å². The number of hydrogen-bond acceptors (Lipinski definition) is 3. The number of rotatable bonds is 7. The van der Waals surface area contributed by atoms with Gasteiger partial charge in [-0.1, -0.05) is 24.3 Å². The molecule has 2 N–H and O–H groups in total. The van der Waals surface area contributed by atoms with Crippen LogP contribution in [0.15, 0.2) is 54.7 Å². The highest BCUT2D eigenvalue weighted by Gasteiger charge is 2.17. The van der Waals surface area contributed by atoms with Gasteiger partial charge in [0, 0.05) is 25.2 Å². The number of H-pyrrole nitrogens is 1. The van der Waals surface area contributed by atoms with Crippen LogP contribution in [0.3, 0.4) is 0 Å². The smallest absolute Gasteiger partial charge is 0.255 e. The first-order valence-corrected chi connectivity index (χ1v) is 8.54. The molecular weight excluding hydrogens is 350 g/mol. The first kappa shape index (κ1) is 18.7. The third kappa shape index (κ3) is 4.77. The van der Waals surface area contributed by atoms with Crippen LogP contribution < -0.4 is 5.32 Å². The lowest BCUT2D eigenvalue weighted by Crippen LogP contribution is -2.32. The molecular formula is C20H20F2N4O. The minimum atomic E-state index is -0.421. The van der Waals surface area contributed by atoms with E-state index < -0.39 is 5.82 Å². The molecule has 1 heterocycles. The van der Waals surface area contributed by atoms with Crippen LogP contribution in [0.4, 0.5) is 8.78 Å². The monoisotopic (exact) mass is 370 g/mol. The zero-order valence-electron chi connectivity index (χ0n) is 14.9. The summed E-state index contributed by atoms with van der Waals surface area (Å²) in [7, 11) is 1.91. The maximum absolute atomic E-state index is 14.0. The standard InChI is InChI=1S/C20H20F2N4O/c1-26(13-14-6-8-15(21)9-7-14)11-10-23-20(27)17-12-24-25-19(17)16-4-2-3-5-18(16)22/h2-9,12H,10-11,13H2,1H3,(H,23,27)(H,24,25). The van der Waals surface area contributed by atoms with Crippen molar-refractivity contribution in [1.29, 1.82) is 0 Å². The summed E-state index contributed by atoms with van der Waals surface area (Å²) in [5, 5.41) is 9.38. The molecule has 3 rings (SSSR count). The molecule has 0 saturated carbocycles. The molecule has 0 radical (unpaired) electrons. The highest BCUT2D eigenvalue weighted by Crippen LogP contribution is 2.23. The number of amides is 1. The summed E-state index contributed by atoms with van der Waals surface area (Å²) in [6.45, 7) is 1.66. The van der Waals surface area contributed by atoms with Crippen molar-refractivity contribution in [2.45, 2.75) is 6.54 Å². The summed E-state index contributed by atoms with van der Waals surface area (Å²) in [5.41, 5.74) is 1.93. The largest absolute Gasteiger partial charge is 0.351 e. The van der Waals surface area contributed by atoms with Gasteiger partial charge in [0.15, 0.2) is 0 Å². The second kappa shape index (κ2) is 8.55. The predicted octanol–water partition coefficient (Wildman–Crippen LogP) is 3.22. The van der Waals surface area contributed by atoms with Crippen molar-refractivity contribution in [3.63, 3.8) is 0 Å². The third-order valence-corrected chi connectivity index (χ3v) is 4.17. The Labute approximate surface area is 156 Å². The number of nitrogens with zero attached hydrogens (tertiary/aromatic N) is 2. The lowest BCUT2D eigenvalue weighted by Gasteiger charge is -2.17. The Kier molecular flexibility index (Phi) is 5.93. The maximum atomic E-state index is 14.0. The van der Waals surface area contributed by atoms with Crippen molar-refractivity contribution in [2.24, 2.45) is 0 Å². The molecule has 0 fully saturated rings. The fourth-order valence-electron chi connectivity index (χ4n) is 2.76. The number of aromatic amines is 1. The van der Waals surface area contributed by atoms with E-state index in [4.69, 9.17) is 0 Å². The van der Waals surface area contributed by atoms with E-state index in [0.717, 1.165) is 5.56 Å². The second-order valence-electron chi connectivity index (χ2n) is 6.26. The zero-order valence-corrected chi connectivity index (χ0v) is 14.9. The molecule has 0 saturated heterocycles. The van der Waals surface area contributed by atoms with Gasteiger partial charge in [0.05, 0.1) is 17.5 Å². The van der Waals surface area contributed by atoms with Crippen LogP contribution in [0.1, 0.15) is 15.9 Å². The average Bonchev–Trinajstić information content (AvgIpc) is 3.13. The van der Waals surface area contributed by atoms with Gasteiger partial charge in [-0.15, -0.1) is 0 Å². The molecule has 0 unspecified atom stereocenters. The number of nitrogens with one attached hydrogen (secondary N) is 2. The number of aromatic nitrogens is 2. The van der Waals surface area contributed by atoms with E-state index in [-0.39, 0.29) is 11.7 Å². The van der Waals surface area contributed by atoms with Crippen molar-refractivity contribution in [2.75, 3.05) is 20.1 Å². The highest BCUT2D eigenvalue weighted by atomic mass is 19.1. The van der Waals surface area contributed by atoms with Gasteiger partial charge in [0.1, 0.15) is 11.6 Å². The van der Waals surface area contributed by atoms with E-state index in [2.05, 4.69) is 15.5 Å². The summed E-state index contributed by atoms with van der Waals surface area (Å²) < 4.78 is 26.9. The van der Waals surface area contributed by atoms with Crippen LogP contribution in [0, 0.1) is 11.6 Å². The van der Waals surface area contributed by atoms with Gasteiger partial charge in [-0.3, -0.25) is 9.89 Å². The molecule has 1 amide bonds. The normalized spacial score (nSPS) is 11.0. The number of carbonyl (C=O) groups is 1. The molecule has 27 heavy (non-hydrogen) atoms. The van der Waals surface area contributed by atoms with Crippen LogP contribution in [0.2, 0.25) is 0 Å². The first-order chi connectivity index (χ1) is 13.0. The fourth-order valence-corrected chi connectivity index (χ4v) is 2.76. The van der Waals surface area contributed by atoms with E-state index in [0.29, 0.717) is 36.5 Å². The van der Waals surface area contributed by atoms with Crippen molar-refractivity contribution in [1.82, 2.24) is 20.4 Å². The number of benzene rings is 2. The van der Waals surface area contributed by atoms with Crippen molar-refractivity contribution < 1.29 is 13.6 Å². The van der Waals surface area contributed by atoms with Crippen molar-refractivity contribution in [3.05, 3.63) is 77.5 Å². The van der Waals surface area contributed by atoms with Crippen molar-refractivity contribution in [3.8, 4) is 11.3 Å². The molecule has 0 spiro atoms. The van der Waals surface area contributed by atoms with E-state index in [1.54, 1.807) is 30.3 Å². The van der Waals surface area contributed by atoms with Gasteiger partial charge >= 0.3 is 0 Å².